The number of carbonyl (C=O) groups is 7. The van der Waals surface area contributed by atoms with Gasteiger partial charge in [0.25, 0.3) is 0 Å². The van der Waals surface area contributed by atoms with Crippen LogP contribution in [0.5, 0.6) is 0 Å². The minimum Gasteiger partial charge on any atom is -0.370 e. The average Bonchev–Trinajstić information content (AvgIpc) is 3.87. The Morgan fingerprint density at radius 2 is 1.61 bits per heavy atom. The summed E-state index contributed by atoms with van der Waals surface area (Å²) in [4.78, 5) is 104. The number of aliphatic imine (C=N–C) groups is 1. The molecule has 3 heterocycles. The van der Waals surface area contributed by atoms with Crippen LogP contribution >= 0.6 is 0 Å². The highest BCUT2D eigenvalue weighted by molar-refractivity contribution is 5.97. The molecule has 6 atom stereocenters. The number of guanidine groups is 1. The van der Waals surface area contributed by atoms with Gasteiger partial charge in [-0.2, -0.15) is 0 Å². The summed E-state index contributed by atoms with van der Waals surface area (Å²) in [5.41, 5.74) is 13.4. The van der Waals surface area contributed by atoms with Crippen LogP contribution < -0.4 is 43.4 Å². The number of nitrogens with two attached hydrogens (primary N) is 2. The second-order valence-corrected chi connectivity index (χ2v) is 15.0. The summed E-state index contributed by atoms with van der Waals surface area (Å²) in [6.45, 7) is 3.26. The minimum absolute atomic E-state index is 0.0643. The third-order valence-electron chi connectivity index (χ3n) is 10.5. The summed E-state index contributed by atoms with van der Waals surface area (Å²) in [5, 5.41) is 17.5. The number of para-hydroxylation sites is 1. The van der Waals surface area contributed by atoms with Crippen molar-refractivity contribution in [2.24, 2.45) is 16.5 Å². The number of hydrogen-bond donors (Lipinski definition) is 9. The third kappa shape index (κ3) is 12.3. The molecule has 18 heteroatoms. The Hall–Kier alpha value is -6.46. The quantitative estimate of drug-likeness (QED) is 0.0677. The maximum Gasteiger partial charge on any atom is 0.245 e. The van der Waals surface area contributed by atoms with Gasteiger partial charge in [0, 0.05) is 56.5 Å². The lowest BCUT2D eigenvalue weighted by Crippen LogP contribution is -2.59. The summed E-state index contributed by atoms with van der Waals surface area (Å²) in [7, 11) is 0. The normalized spacial score (nSPS) is 22.7. The van der Waals surface area contributed by atoms with Crippen molar-refractivity contribution in [1.29, 1.82) is 0 Å². The Morgan fingerprint density at radius 3 is 2.36 bits per heavy atom. The lowest BCUT2D eigenvalue weighted by Gasteiger charge is -2.31. The Kier molecular flexibility index (Phi) is 15.4. The monoisotopic (exact) mass is 813 g/mol. The van der Waals surface area contributed by atoms with Crippen molar-refractivity contribution < 1.29 is 33.6 Å². The van der Waals surface area contributed by atoms with Crippen molar-refractivity contribution in [2.75, 3.05) is 19.6 Å². The van der Waals surface area contributed by atoms with Crippen LogP contribution in [0.2, 0.25) is 0 Å². The van der Waals surface area contributed by atoms with Crippen molar-refractivity contribution in [2.45, 2.75) is 101 Å². The molecular formula is C41H55N11O7. The molecule has 0 radical (unpaired) electrons. The van der Waals surface area contributed by atoms with E-state index >= 15 is 0 Å². The summed E-state index contributed by atoms with van der Waals surface area (Å²) >= 11 is 0. The van der Waals surface area contributed by atoms with Gasteiger partial charge in [-0.3, -0.25) is 38.6 Å². The Bertz CT molecular complexity index is 2020. The number of fused-ring (bicyclic) bond motifs is 2. The van der Waals surface area contributed by atoms with Crippen LogP contribution in [-0.4, -0.2) is 113 Å². The largest absolute Gasteiger partial charge is 0.370 e. The lowest BCUT2D eigenvalue weighted by molar-refractivity contribution is -0.142. The number of H-pyrrole nitrogens is 1. The zero-order chi connectivity index (χ0) is 42.5. The fraction of sp³-hybridized carbons (Fsp3) is 0.463. The fourth-order valence-electron chi connectivity index (χ4n) is 7.42. The van der Waals surface area contributed by atoms with Crippen LogP contribution in [0.3, 0.4) is 0 Å². The van der Waals surface area contributed by atoms with E-state index < -0.39 is 77.6 Å². The zero-order valence-corrected chi connectivity index (χ0v) is 33.4. The molecule has 11 N–H and O–H groups in total. The molecule has 0 saturated carbocycles. The Balaban J connectivity index is 1.41. The average molecular weight is 814 g/mol. The van der Waals surface area contributed by atoms with E-state index in [9.17, 15) is 33.6 Å². The number of aromatic amines is 1. The molecular weight excluding hydrogens is 759 g/mol. The summed E-state index contributed by atoms with van der Waals surface area (Å²) in [5.74, 6) is -4.00. The molecule has 2 aromatic carbocycles. The molecule has 0 spiro atoms. The van der Waals surface area contributed by atoms with Crippen LogP contribution in [0.1, 0.15) is 63.5 Å². The smallest absolute Gasteiger partial charge is 0.245 e. The number of benzene rings is 2. The molecule has 2 fully saturated rings. The van der Waals surface area contributed by atoms with Gasteiger partial charge < -0.3 is 53.3 Å². The lowest BCUT2D eigenvalue weighted by atomic mass is 10.0. The number of rotatable bonds is 11. The highest BCUT2D eigenvalue weighted by atomic mass is 16.2. The second-order valence-electron chi connectivity index (χ2n) is 15.0. The first-order chi connectivity index (χ1) is 28.3. The van der Waals surface area contributed by atoms with E-state index in [-0.39, 0.29) is 57.7 Å². The first-order valence-corrected chi connectivity index (χ1v) is 20.0. The summed E-state index contributed by atoms with van der Waals surface area (Å²) in [6.07, 6.45) is 3.58. The fourth-order valence-corrected chi connectivity index (χ4v) is 7.42. The molecule has 2 aliphatic rings. The molecule has 3 aromatic rings. The Morgan fingerprint density at radius 1 is 0.881 bits per heavy atom. The van der Waals surface area contributed by atoms with E-state index in [4.69, 9.17) is 11.5 Å². The molecule has 59 heavy (non-hydrogen) atoms. The van der Waals surface area contributed by atoms with Crippen LogP contribution in [0.15, 0.2) is 65.8 Å². The van der Waals surface area contributed by atoms with Crippen LogP contribution in [-0.2, 0) is 46.4 Å². The first kappa shape index (κ1) is 43.7. The van der Waals surface area contributed by atoms with E-state index in [1.807, 2.05) is 54.6 Å². The zero-order valence-electron chi connectivity index (χ0n) is 33.4. The number of carbonyl (C=O) groups excluding carboxylic acids is 7. The number of nitrogens with zero attached hydrogens (tertiary/aromatic N) is 2. The predicted molar refractivity (Wildman–Crippen MR) is 220 cm³/mol. The maximum atomic E-state index is 14.3. The molecule has 18 nitrogen and oxygen atoms in total. The van der Waals surface area contributed by atoms with Crippen molar-refractivity contribution >= 4 is 58.2 Å². The minimum atomic E-state index is -1.15. The molecule has 7 amide bonds. The van der Waals surface area contributed by atoms with Crippen LogP contribution in [0, 0.1) is 0 Å². The molecule has 0 aliphatic carbocycles. The van der Waals surface area contributed by atoms with Crippen LogP contribution in [0.25, 0.3) is 10.9 Å². The SMILES string of the molecule is CC(=O)N[C@@H](Cc1ccccc1)C(=O)N[C@H]1CCCNC(=O)[C@H](CCCN=C(N)N)NC(=O)[C@H](Cc2c[nH]c3ccccc23)NC(=O)[C@@H](C)NC(=O)[C@@H]2CCCN2C1=O. The van der Waals surface area contributed by atoms with Crippen LogP contribution in [0.4, 0.5) is 0 Å². The number of amides is 7. The molecule has 0 bridgehead atoms. The van der Waals surface area contributed by atoms with E-state index in [0.29, 0.717) is 19.3 Å². The van der Waals surface area contributed by atoms with Gasteiger partial charge in [0.15, 0.2) is 5.96 Å². The summed E-state index contributed by atoms with van der Waals surface area (Å²) < 4.78 is 0. The van der Waals surface area contributed by atoms with Gasteiger partial charge in [-0.15, -0.1) is 0 Å². The molecule has 1 aromatic heterocycles. The number of aromatic nitrogens is 1. The van der Waals surface area contributed by atoms with Crippen molar-refractivity contribution in [1.82, 2.24) is 41.8 Å². The highest BCUT2D eigenvalue weighted by Gasteiger charge is 2.39. The molecule has 2 aliphatic heterocycles. The number of nitrogens with one attached hydrogen (secondary N) is 7. The van der Waals surface area contributed by atoms with E-state index in [1.54, 1.807) is 6.20 Å². The molecule has 0 unspecified atom stereocenters. The van der Waals surface area contributed by atoms with Crippen molar-refractivity contribution in [3.05, 3.63) is 71.9 Å². The second kappa shape index (κ2) is 20.8. The third-order valence-corrected chi connectivity index (χ3v) is 10.5. The predicted octanol–water partition coefficient (Wildman–Crippen LogP) is -0.628. The van der Waals surface area contributed by atoms with Gasteiger partial charge in [-0.25, -0.2) is 0 Å². The molecule has 316 valence electrons. The highest BCUT2D eigenvalue weighted by Crippen LogP contribution is 2.22. The topological polar surface area (TPSA) is 275 Å². The van der Waals surface area contributed by atoms with Gasteiger partial charge in [0.2, 0.25) is 41.4 Å². The molecule has 2 saturated heterocycles. The van der Waals surface area contributed by atoms with Gasteiger partial charge in [-0.1, -0.05) is 48.5 Å². The summed E-state index contributed by atoms with van der Waals surface area (Å²) in [6, 6.07) is 10.2. The van der Waals surface area contributed by atoms with Gasteiger partial charge in [-0.05, 0) is 62.6 Å². The van der Waals surface area contributed by atoms with E-state index in [2.05, 4.69) is 41.9 Å². The maximum absolute atomic E-state index is 14.3. The van der Waals surface area contributed by atoms with E-state index in [0.717, 1.165) is 22.0 Å². The number of hydrogen-bond acceptors (Lipinski definition) is 8. The van der Waals surface area contributed by atoms with Crippen molar-refractivity contribution in [3.63, 3.8) is 0 Å². The van der Waals surface area contributed by atoms with E-state index in [1.165, 1.54) is 18.7 Å². The van der Waals surface area contributed by atoms with Gasteiger partial charge >= 0.3 is 0 Å². The van der Waals surface area contributed by atoms with Gasteiger partial charge in [0.1, 0.15) is 36.3 Å². The first-order valence-electron chi connectivity index (χ1n) is 20.0. The van der Waals surface area contributed by atoms with Gasteiger partial charge in [0.05, 0.1) is 0 Å². The Labute approximate surface area is 342 Å². The standard InChI is InChI=1S/C41H55N11O7/c1-24-35(54)51-33(22-27-23-46-29-14-7-6-13-28(27)29)38(57)49-30(15-8-19-45-41(42)43)36(55)44-18-9-16-31(40(59)52-20-10-17-34(52)39(58)47-24)50-37(56)32(48-25(2)53)21-26-11-4-3-5-12-26/h3-7,11-14,23-24,30-34,46H,8-10,15-22H2,1-2H3,(H,44,55)(H,47,58)(H,48,53)(H,49,57)(H,50,56)(H,51,54)(H4,42,43,45)/t24-,30+,31+,32+,33+,34+/m1/s1. The van der Waals surface area contributed by atoms with Crippen molar-refractivity contribution in [3.8, 4) is 0 Å². The molecule has 5 rings (SSSR count).